The summed E-state index contributed by atoms with van der Waals surface area (Å²) in [5.74, 6) is -0.181. The highest BCUT2D eigenvalue weighted by Crippen LogP contribution is 2.26. The summed E-state index contributed by atoms with van der Waals surface area (Å²) in [6.45, 7) is 4.94. The van der Waals surface area contributed by atoms with Crippen LogP contribution in [0, 0.1) is 12.7 Å². The van der Waals surface area contributed by atoms with Gasteiger partial charge < -0.3 is 5.32 Å². The quantitative estimate of drug-likeness (QED) is 0.896. The standard InChI is InChI=1S/C15H20FN3/c1-4-9-17-15(12-7-5-6-8-14(12)16)13-10-18-19(3)11(13)2/h5-8,10,15,17H,4,9H2,1-3H3. The van der Waals surface area contributed by atoms with Crippen LogP contribution in [0.3, 0.4) is 0 Å². The molecule has 0 radical (unpaired) electrons. The van der Waals surface area contributed by atoms with E-state index in [4.69, 9.17) is 0 Å². The van der Waals surface area contributed by atoms with Gasteiger partial charge in [-0.25, -0.2) is 4.39 Å². The summed E-state index contributed by atoms with van der Waals surface area (Å²) in [6.07, 6.45) is 2.82. The second-order valence-corrected chi connectivity index (χ2v) is 4.72. The van der Waals surface area contributed by atoms with Crippen LogP contribution in [0.2, 0.25) is 0 Å². The Hall–Kier alpha value is -1.68. The molecule has 1 unspecified atom stereocenters. The Kier molecular flexibility index (Phi) is 4.32. The van der Waals surface area contributed by atoms with Crippen molar-refractivity contribution in [3.63, 3.8) is 0 Å². The number of nitrogens with one attached hydrogen (secondary N) is 1. The summed E-state index contributed by atoms with van der Waals surface area (Å²) in [5.41, 5.74) is 2.75. The molecule has 1 heterocycles. The first-order valence-electron chi connectivity index (χ1n) is 6.61. The van der Waals surface area contributed by atoms with Gasteiger partial charge in [0, 0.05) is 23.9 Å². The van der Waals surface area contributed by atoms with Crippen molar-refractivity contribution < 1.29 is 4.39 Å². The number of benzene rings is 1. The van der Waals surface area contributed by atoms with E-state index in [1.54, 1.807) is 6.07 Å². The van der Waals surface area contributed by atoms with Crippen molar-refractivity contribution in [2.45, 2.75) is 26.3 Å². The van der Waals surface area contributed by atoms with Gasteiger partial charge in [-0.2, -0.15) is 5.10 Å². The number of hydrogen-bond acceptors (Lipinski definition) is 2. The molecule has 1 aromatic heterocycles. The SMILES string of the molecule is CCCNC(c1ccccc1F)c1cnn(C)c1C. The van der Waals surface area contributed by atoms with Crippen molar-refractivity contribution in [1.82, 2.24) is 15.1 Å². The number of nitrogens with zero attached hydrogens (tertiary/aromatic N) is 2. The Morgan fingerprint density at radius 1 is 1.32 bits per heavy atom. The minimum atomic E-state index is -0.181. The number of rotatable bonds is 5. The molecule has 0 amide bonds. The monoisotopic (exact) mass is 261 g/mol. The fourth-order valence-electron chi connectivity index (χ4n) is 2.18. The Morgan fingerprint density at radius 2 is 2.05 bits per heavy atom. The van der Waals surface area contributed by atoms with Crippen molar-refractivity contribution in [2.75, 3.05) is 6.54 Å². The minimum Gasteiger partial charge on any atom is -0.306 e. The fourth-order valence-corrected chi connectivity index (χ4v) is 2.18. The number of halogens is 1. The maximum Gasteiger partial charge on any atom is 0.128 e. The molecule has 0 aliphatic heterocycles. The van der Waals surface area contributed by atoms with Crippen molar-refractivity contribution in [3.8, 4) is 0 Å². The van der Waals surface area contributed by atoms with Crippen molar-refractivity contribution >= 4 is 0 Å². The molecule has 1 atom stereocenters. The highest BCUT2D eigenvalue weighted by atomic mass is 19.1. The van der Waals surface area contributed by atoms with Gasteiger partial charge in [0.05, 0.1) is 12.2 Å². The Labute approximate surface area is 113 Å². The average molecular weight is 261 g/mol. The van der Waals surface area contributed by atoms with Gasteiger partial charge >= 0.3 is 0 Å². The molecule has 0 aliphatic rings. The molecule has 3 nitrogen and oxygen atoms in total. The molecular formula is C15H20FN3. The van der Waals surface area contributed by atoms with Gasteiger partial charge in [-0.05, 0) is 26.0 Å². The molecule has 19 heavy (non-hydrogen) atoms. The van der Waals surface area contributed by atoms with Gasteiger partial charge in [0.1, 0.15) is 5.82 Å². The molecule has 0 spiro atoms. The zero-order chi connectivity index (χ0) is 13.8. The van der Waals surface area contributed by atoms with Gasteiger partial charge in [-0.1, -0.05) is 25.1 Å². The van der Waals surface area contributed by atoms with E-state index in [-0.39, 0.29) is 11.9 Å². The Morgan fingerprint density at radius 3 is 2.63 bits per heavy atom. The second-order valence-electron chi connectivity index (χ2n) is 4.72. The summed E-state index contributed by atoms with van der Waals surface area (Å²) in [6, 6.07) is 6.77. The summed E-state index contributed by atoms with van der Waals surface area (Å²) < 4.78 is 15.8. The van der Waals surface area contributed by atoms with Crippen molar-refractivity contribution in [1.29, 1.82) is 0 Å². The lowest BCUT2D eigenvalue weighted by Gasteiger charge is -2.19. The van der Waals surface area contributed by atoms with Gasteiger partial charge in [-0.3, -0.25) is 4.68 Å². The van der Waals surface area contributed by atoms with Crippen LogP contribution in [0.1, 0.15) is 36.2 Å². The van der Waals surface area contributed by atoms with Crippen molar-refractivity contribution in [3.05, 3.63) is 53.1 Å². The summed E-state index contributed by atoms with van der Waals surface area (Å²) in [7, 11) is 1.90. The predicted molar refractivity (Wildman–Crippen MR) is 74.5 cm³/mol. The summed E-state index contributed by atoms with van der Waals surface area (Å²) in [5, 5.41) is 7.66. The maximum atomic E-state index is 14.0. The van der Waals surface area contributed by atoms with Gasteiger partial charge in [0.2, 0.25) is 0 Å². The highest BCUT2D eigenvalue weighted by Gasteiger charge is 2.20. The predicted octanol–water partition coefficient (Wildman–Crippen LogP) is 2.96. The van der Waals surface area contributed by atoms with Crippen LogP contribution in [-0.4, -0.2) is 16.3 Å². The Bertz CT molecular complexity index is 548. The molecule has 102 valence electrons. The number of aromatic nitrogens is 2. The molecule has 0 bridgehead atoms. The molecule has 0 aliphatic carbocycles. The van der Waals surface area contributed by atoms with E-state index in [0.29, 0.717) is 5.56 Å². The average Bonchev–Trinajstić information content (AvgIpc) is 2.73. The third-order valence-electron chi connectivity index (χ3n) is 3.40. The smallest absolute Gasteiger partial charge is 0.128 e. The van der Waals surface area contributed by atoms with Gasteiger partial charge in [0.25, 0.3) is 0 Å². The van der Waals surface area contributed by atoms with Crippen LogP contribution in [0.15, 0.2) is 30.5 Å². The van der Waals surface area contributed by atoms with E-state index in [1.165, 1.54) is 6.07 Å². The molecule has 2 aromatic rings. The van der Waals surface area contributed by atoms with Crippen molar-refractivity contribution in [2.24, 2.45) is 7.05 Å². The van der Waals surface area contributed by atoms with E-state index in [0.717, 1.165) is 24.2 Å². The van der Waals surface area contributed by atoms with Crippen LogP contribution >= 0.6 is 0 Å². The first-order chi connectivity index (χ1) is 9.15. The Balaban J connectivity index is 2.42. The van der Waals surface area contributed by atoms with E-state index in [2.05, 4.69) is 17.3 Å². The first kappa shape index (κ1) is 13.7. The third kappa shape index (κ3) is 2.84. The van der Waals surface area contributed by atoms with Gasteiger partial charge in [-0.15, -0.1) is 0 Å². The molecule has 0 fully saturated rings. The first-order valence-corrected chi connectivity index (χ1v) is 6.61. The fraction of sp³-hybridized carbons (Fsp3) is 0.400. The second kappa shape index (κ2) is 5.97. The van der Waals surface area contributed by atoms with E-state index < -0.39 is 0 Å². The summed E-state index contributed by atoms with van der Waals surface area (Å²) >= 11 is 0. The zero-order valence-electron chi connectivity index (χ0n) is 11.7. The third-order valence-corrected chi connectivity index (χ3v) is 3.40. The normalized spacial score (nSPS) is 12.6. The minimum absolute atomic E-state index is 0.144. The van der Waals surface area contributed by atoms with Crippen LogP contribution in [0.5, 0.6) is 0 Å². The molecular weight excluding hydrogens is 241 g/mol. The number of hydrogen-bond donors (Lipinski definition) is 1. The largest absolute Gasteiger partial charge is 0.306 e. The topological polar surface area (TPSA) is 29.9 Å². The molecule has 0 saturated carbocycles. The van der Waals surface area contributed by atoms with Gasteiger partial charge in [0.15, 0.2) is 0 Å². The van der Waals surface area contributed by atoms with E-state index in [1.807, 2.05) is 37.0 Å². The zero-order valence-corrected chi connectivity index (χ0v) is 11.7. The lowest BCUT2D eigenvalue weighted by atomic mass is 9.98. The van der Waals surface area contributed by atoms with E-state index >= 15 is 0 Å². The molecule has 4 heteroatoms. The lowest BCUT2D eigenvalue weighted by molar-refractivity contribution is 0.544. The van der Waals surface area contributed by atoms with E-state index in [9.17, 15) is 4.39 Å². The molecule has 2 rings (SSSR count). The molecule has 1 N–H and O–H groups in total. The van der Waals surface area contributed by atoms with Crippen LogP contribution in [0.25, 0.3) is 0 Å². The molecule has 1 aromatic carbocycles. The maximum absolute atomic E-state index is 14.0. The van der Waals surface area contributed by atoms with Crippen LogP contribution in [-0.2, 0) is 7.05 Å². The highest BCUT2D eigenvalue weighted by molar-refractivity contribution is 5.33. The lowest BCUT2D eigenvalue weighted by Crippen LogP contribution is -2.24. The number of aryl methyl sites for hydroxylation is 1. The van der Waals surface area contributed by atoms with Crippen LogP contribution in [0.4, 0.5) is 4.39 Å². The molecule has 0 saturated heterocycles. The summed E-state index contributed by atoms with van der Waals surface area (Å²) in [4.78, 5) is 0. The van der Waals surface area contributed by atoms with Crippen LogP contribution < -0.4 is 5.32 Å².